The number of piperazine rings is 1. The van der Waals surface area contributed by atoms with Crippen molar-refractivity contribution in [2.75, 3.05) is 37.6 Å². The number of hydrogen-bond acceptors (Lipinski definition) is 6. The highest BCUT2D eigenvalue weighted by atomic mass is 16.6. The van der Waals surface area contributed by atoms with Gasteiger partial charge in [0.05, 0.1) is 12.7 Å². The van der Waals surface area contributed by atoms with Crippen molar-refractivity contribution >= 4 is 17.7 Å². The van der Waals surface area contributed by atoms with Crippen LogP contribution in [0.5, 0.6) is 0 Å². The first kappa shape index (κ1) is 29.0. The second kappa shape index (κ2) is 13.3. The Kier molecular flexibility index (Phi) is 10.1. The van der Waals surface area contributed by atoms with Gasteiger partial charge < -0.3 is 24.6 Å². The van der Waals surface area contributed by atoms with E-state index < -0.39 is 11.7 Å². The lowest BCUT2D eigenvalue weighted by atomic mass is 10.0. The molecule has 0 saturated carbocycles. The minimum atomic E-state index is -0.582. The van der Waals surface area contributed by atoms with Gasteiger partial charge in [0, 0.05) is 31.9 Å². The van der Waals surface area contributed by atoms with Gasteiger partial charge in [0.2, 0.25) is 5.91 Å². The van der Waals surface area contributed by atoms with Crippen LogP contribution in [0.25, 0.3) is 11.1 Å². The molecule has 1 unspecified atom stereocenters. The molecule has 1 saturated heterocycles. The number of ether oxygens (including phenoxy) is 2. The molecule has 1 aliphatic rings. The van der Waals surface area contributed by atoms with Crippen molar-refractivity contribution in [3.05, 3.63) is 54.1 Å². The zero-order valence-electron chi connectivity index (χ0n) is 23.2. The Balaban J connectivity index is 1.54. The quantitative estimate of drug-likeness (QED) is 0.469. The molecule has 0 aliphatic carbocycles. The van der Waals surface area contributed by atoms with E-state index in [0.29, 0.717) is 32.0 Å². The van der Waals surface area contributed by atoms with E-state index in [1.54, 1.807) is 4.90 Å². The van der Waals surface area contributed by atoms with E-state index in [-0.39, 0.29) is 18.5 Å². The number of nitrogens with one attached hydrogen (secondary N) is 1. The Morgan fingerprint density at radius 1 is 0.974 bits per heavy atom. The summed E-state index contributed by atoms with van der Waals surface area (Å²) in [5.74, 6) is 0.0512. The lowest BCUT2D eigenvalue weighted by Gasteiger charge is -2.36. The van der Waals surface area contributed by atoms with Gasteiger partial charge in [-0.25, -0.2) is 4.79 Å². The monoisotopic (exact) mass is 520 g/mol. The number of hydrogen-bond donors (Lipinski definition) is 1. The van der Waals surface area contributed by atoms with Crippen LogP contribution >= 0.6 is 0 Å². The lowest BCUT2D eigenvalue weighted by Crippen LogP contribution is -2.50. The first-order valence-electron chi connectivity index (χ1n) is 13.2. The van der Waals surface area contributed by atoms with Crippen LogP contribution < -0.4 is 10.2 Å². The molecule has 8 heteroatoms. The van der Waals surface area contributed by atoms with Gasteiger partial charge in [0.1, 0.15) is 18.2 Å². The van der Waals surface area contributed by atoms with Crippen molar-refractivity contribution < 1.29 is 19.1 Å². The maximum atomic E-state index is 12.3. The van der Waals surface area contributed by atoms with Crippen molar-refractivity contribution in [2.45, 2.75) is 59.4 Å². The van der Waals surface area contributed by atoms with Gasteiger partial charge in [-0.1, -0.05) is 50.2 Å². The van der Waals surface area contributed by atoms with Crippen LogP contribution in [0.15, 0.2) is 48.5 Å². The van der Waals surface area contributed by atoms with Gasteiger partial charge in [-0.15, -0.1) is 0 Å². The van der Waals surface area contributed by atoms with Crippen LogP contribution in [0, 0.1) is 17.2 Å². The van der Waals surface area contributed by atoms with Gasteiger partial charge in [0.15, 0.2) is 0 Å². The third-order valence-electron chi connectivity index (χ3n) is 6.22. The zero-order chi connectivity index (χ0) is 27.7. The van der Waals surface area contributed by atoms with E-state index in [2.05, 4.69) is 46.6 Å². The Morgan fingerprint density at radius 3 is 2.08 bits per heavy atom. The molecule has 38 heavy (non-hydrogen) atoms. The molecule has 8 nitrogen and oxygen atoms in total. The fourth-order valence-corrected chi connectivity index (χ4v) is 4.25. The van der Waals surface area contributed by atoms with E-state index in [1.807, 2.05) is 52.8 Å². The van der Waals surface area contributed by atoms with Crippen molar-refractivity contribution in [2.24, 2.45) is 5.92 Å². The third-order valence-corrected chi connectivity index (χ3v) is 6.22. The Bertz CT molecular complexity index is 1090. The summed E-state index contributed by atoms with van der Waals surface area (Å²) in [6.07, 6.45) is -0.238. The van der Waals surface area contributed by atoms with Gasteiger partial charge >= 0.3 is 6.09 Å². The SMILES string of the molecule is CC(C)CC(OCc1ccc(-c2ccc(N3CCN(C(=O)OC(C)(C)C)CC3)cc2)cc1)C(=O)NCC#N. The molecular weight excluding hydrogens is 480 g/mol. The maximum Gasteiger partial charge on any atom is 0.410 e. The third kappa shape index (κ3) is 8.77. The molecule has 204 valence electrons. The summed E-state index contributed by atoms with van der Waals surface area (Å²) in [6.45, 7) is 12.8. The molecule has 3 rings (SSSR count). The smallest absolute Gasteiger partial charge is 0.410 e. The number of rotatable bonds is 9. The second-order valence-electron chi connectivity index (χ2n) is 11.0. The van der Waals surface area contributed by atoms with Gasteiger partial charge in [0.25, 0.3) is 0 Å². The van der Waals surface area contributed by atoms with Gasteiger partial charge in [-0.2, -0.15) is 5.26 Å². The van der Waals surface area contributed by atoms with Crippen molar-refractivity contribution in [1.82, 2.24) is 10.2 Å². The number of benzene rings is 2. The summed E-state index contributed by atoms with van der Waals surface area (Å²) < 4.78 is 11.4. The average Bonchev–Trinajstić information content (AvgIpc) is 2.89. The minimum absolute atomic E-state index is 0.0213. The van der Waals surface area contributed by atoms with E-state index >= 15 is 0 Å². The molecule has 1 fully saturated rings. The van der Waals surface area contributed by atoms with Crippen LogP contribution in [0.4, 0.5) is 10.5 Å². The predicted molar refractivity (Wildman–Crippen MR) is 149 cm³/mol. The standard InChI is InChI=1S/C30H40N4O4/c1-22(2)20-27(28(35)32-15-14-31)37-21-23-6-8-24(9-7-23)25-10-12-26(13-11-25)33-16-18-34(19-17-33)29(36)38-30(3,4)5/h6-13,22,27H,15-21H2,1-5H3,(H,32,35). The number of carbonyl (C=O) groups excluding carboxylic acids is 2. The highest BCUT2D eigenvalue weighted by Gasteiger charge is 2.26. The summed E-state index contributed by atoms with van der Waals surface area (Å²) in [5.41, 5.74) is 3.84. The minimum Gasteiger partial charge on any atom is -0.444 e. The fourth-order valence-electron chi connectivity index (χ4n) is 4.25. The number of carbonyl (C=O) groups is 2. The number of amides is 2. The lowest BCUT2D eigenvalue weighted by molar-refractivity contribution is -0.134. The zero-order valence-corrected chi connectivity index (χ0v) is 23.2. The van der Waals surface area contributed by atoms with Crippen LogP contribution in [-0.2, 0) is 20.9 Å². The summed E-state index contributed by atoms with van der Waals surface area (Å²) in [5, 5.41) is 11.3. The van der Waals surface area contributed by atoms with E-state index in [1.165, 1.54) is 0 Å². The number of nitriles is 1. The van der Waals surface area contributed by atoms with Gasteiger partial charge in [-0.05, 0) is 61.9 Å². The highest BCUT2D eigenvalue weighted by molar-refractivity contribution is 5.81. The molecular formula is C30H40N4O4. The molecule has 0 radical (unpaired) electrons. The number of anilines is 1. The van der Waals surface area contributed by atoms with Crippen LogP contribution in [-0.4, -0.2) is 61.3 Å². The van der Waals surface area contributed by atoms with E-state index in [4.69, 9.17) is 14.7 Å². The molecule has 2 amide bonds. The molecule has 2 aromatic carbocycles. The normalized spacial score (nSPS) is 14.7. The molecule has 0 spiro atoms. The maximum absolute atomic E-state index is 12.3. The summed E-state index contributed by atoms with van der Waals surface area (Å²) >= 11 is 0. The van der Waals surface area contributed by atoms with Crippen LogP contribution in [0.2, 0.25) is 0 Å². The first-order chi connectivity index (χ1) is 18.1. The van der Waals surface area contributed by atoms with E-state index in [9.17, 15) is 9.59 Å². The molecule has 1 N–H and O–H groups in total. The topological polar surface area (TPSA) is 94.9 Å². The van der Waals surface area contributed by atoms with Gasteiger partial charge in [-0.3, -0.25) is 4.79 Å². The van der Waals surface area contributed by atoms with Crippen molar-refractivity contribution in [1.29, 1.82) is 5.26 Å². The molecule has 1 aliphatic heterocycles. The molecule has 1 atom stereocenters. The average molecular weight is 521 g/mol. The Morgan fingerprint density at radius 2 is 1.55 bits per heavy atom. The largest absolute Gasteiger partial charge is 0.444 e. The van der Waals surface area contributed by atoms with Crippen molar-refractivity contribution in [3.8, 4) is 17.2 Å². The molecule has 0 bridgehead atoms. The predicted octanol–water partition coefficient (Wildman–Crippen LogP) is 4.98. The Hall–Kier alpha value is -3.57. The first-order valence-corrected chi connectivity index (χ1v) is 13.2. The second-order valence-corrected chi connectivity index (χ2v) is 11.0. The van der Waals surface area contributed by atoms with E-state index in [0.717, 1.165) is 35.5 Å². The highest BCUT2D eigenvalue weighted by Crippen LogP contribution is 2.25. The van der Waals surface area contributed by atoms with Crippen LogP contribution in [0.3, 0.4) is 0 Å². The van der Waals surface area contributed by atoms with Crippen molar-refractivity contribution in [3.63, 3.8) is 0 Å². The summed E-state index contributed by atoms with van der Waals surface area (Å²) in [7, 11) is 0. The molecule has 2 aromatic rings. The van der Waals surface area contributed by atoms with Crippen LogP contribution in [0.1, 0.15) is 46.6 Å². The summed E-state index contributed by atoms with van der Waals surface area (Å²) in [4.78, 5) is 28.7. The number of nitrogens with zero attached hydrogens (tertiary/aromatic N) is 3. The molecule has 1 heterocycles. The fraction of sp³-hybridized carbons (Fsp3) is 0.500. The molecule has 0 aromatic heterocycles. The summed E-state index contributed by atoms with van der Waals surface area (Å²) in [6, 6.07) is 18.5. The Labute approximate surface area is 226 Å².